The SMILES string of the molecule is Brc1ccc(CNC2CC=CCC2)o1. The lowest BCUT2D eigenvalue weighted by molar-refractivity contribution is 0.417. The van der Waals surface area contributed by atoms with Crippen molar-refractivity contribution < 1.29 is 4.42 Å². The molecule has 1 aromatic heterocycles. The quantitative estimate of drug-likeness (QED) is 0.840. The van der Waals surface area contributed by atoms with Crippen LogP contribution in [-0.2, 0) is 6.54 Å². The Bertz CT molecular complexity index is 319. The molecular formula is C11H14BrNO. The van der Waals surface area contributed by atoms with Crippen LogP contribution < -0.4 is 5.32 Å². The zero-order valence-electron chi connectivity index (χ0n) is 8.00. The molecule has 0 radical (unpaired) electrons. The highest BCUT2D eigenvalue weighted by atomic mass is 79.9. The van der Waals surface area contributed by atoms with Gasteiger partial charge in [0.15, 0.2) is 4.67 Å². The van der Waals surface area contributed by atoms with Gasteiger partial charge in [-0.15, -0.1) is 0 Å². The Hall–Kier alpha value is -0.540. The molecule has 1 aliphatic rings. The van der Waals surface area contributed by atoms with E-state index >= 15 is 0 Å². The van der Waals surface area contributed by atoms with Crippen LogP contribution in [0.4, 0.5) is 0 Å². The number of hydrogen-bond acceptors (Lipinski definition) is 2. The number of furan rings is 1. The number of hydrogen-bond donors (Lipinski definition) is 1. The minimum Gasteiger partial charge on any atom is -0.453 e. The molecule has 0 saturated heterocycles. The van der Waals surface area contributed by atoms with E-state index in [2.05, 4.69) is 33.4 Å². The molecule has 0 saturated carbocycles. The van der Waals surface area contributed by atoms with Crippen LogP contribution in [-0.4, -0.2) is 6.04 Å². The van der Waals surface area contributed by atoms with Crippen molar-refractivity contribution in [1.82, 2.24) is 5.32 Å². The molecule has 0 aromatic carbocycles. The van der Waals surface area contributed by atoms with Crippen molar-refractivity contribution in [3.05, 3.63) is 34.7 Å². The molecular weight excluding hydrogens is 242 g/mol. The largest absolute Gasteiger partial charge is 0.453 e. The van der Waals surface area contributed by atoms with Gasteiger partial charge in [-0.25, -0.2) is 0 Å². The summed E-state index contributed by atoms with van der Waals surface area (Å²) in [5.74, 6) is 0.992. The van der Waals surface area contributed by atoms with E-state index in [1.54, 1.807) is 0 Å². The molecule has 0 fully saturated rings. The second-order valence-electron chi connectivity index (χ2n) is 3.57. The average molecular weight is 256 g/mol. The van der Waals surface area contributed by atoms with Crippen molar-refractivity contribution in [1.29, 1.82) is 0 Å². The first kappa shape index (κ1) is 9.99. The first-order valence-electron chi connectivity index (χ1n) is 4.97. The molecule has 2 nitrogen and oxygen atoms in total. The van der Waals surface area contributed by atoms with Gasteiger partial charge in [-0.1, -0.05) is 12.2 Å². The van der Waals surface area contributed by atoms with Gasteiger partial charge < -0.3 is 9.73 Å². The topological polar surface area (TPSA) is 25.2 Å². The minimum absolute atomic E-state index is 0.615. The molecule has 1 aliphatic carbocycles. The molecule has 1 unspecified atom stereocenters. The van der Waals surface area contributed by atoms with Crippen LogP contribution in [0.25, 0.3) is 0 Å². The fourth-order valence-electron chi connectivity index (χ4n) is 1.67. The van der Waals surface area contributed by atoms with Crippen LogP contribution in [0.1, 0.15) is 25.0 Å². The Kier molecular flexibility index (Phi) is 3.43. The van der Waals surface area contributed by atoms with Gasteiger partial charge >= 0.3 is 0 Å². The maximum Gasteiger partial charge on any atom is 0.169 e. The summed E-state index contributed by atoms with van der Waals surface area (Å²) in [6, 6.07) is 4.54. The summed E-state index contributed by atoms with van der Waals surface area (Å²) in [4.78, 5) is 0. The second-order valence-corrected chi connectivity index (χ2v) is 4.35. The number of allylic oxidation sites excluding steroid dienone is 1. The van der Waals surface area contributed by atoms with Crippen LogP contribution >= 0.6 is 15.9 Å². The van der Waals surface area contributed by atoms with Crippen molar-refractivity contribution >= 4 is 15.9 Å². The van der Waals surface area contributed by atoms with E-state index in [1.165, 1.54) is 12.8 Å². The summed E-state index contributed by atoms with van der Waals surface area (Å²) < 4.78 is 6.21. The maximum atomic E-state index is 5.41. The van der Waals surface area contributed by atoms with E-state index < -0.39 is 0 Å². The lowest BCUT2D eigenvalue weighted by atomic mass is 10.0. The van der Waals surface area contributed by atoms with E-state index in [0.717, 1.165) is 23.4 Å². The Balaban J connectivity index is 1.79. The molecule has 0 aliphatic heterocycles. The summed E-state index contributed by atoms with van der Waals surface area (Å²) in [6.07, 6.45) is 8.07. The number of halogens is 1. The van der Waals surface area contributed by atoms with Crippen molar-refractivity contribution in [2.75, 3.05) is 0 Å². The number of rotatable bonds is 3. The normalized spacial score (nSPS) is 21.4. The molecule has 14 heavy (non-hydrogen) atoms. The molecule has 0 bridgehead atoms. The van der Waals surface area contributed by atoms with E-state index in [9.17, 15) is 0 Å². The van der Waals surface area contributed by atoms with Gasteiger partial charge in [-0.3, -0.25) is 0 Å². The van der Waals surface area contributed by atoms with Gasteiger partial charge in [0.05, 0.1) is 6.54 Å². The smallest absolute Gasteiger partial charge is 0.169 e. The van der Waals surface area contributed by atoms with E-state index in [0.29, 0.717) is 6.04 Å². The molecule has 1 N–H and O–H groups in total. The first-order valence-corrected chi connectivity index (χ1v) is 5.76. The summed E-state index contributed by atoms with van der Waals surface area (Å²) in [5, 5.41) is 3.49. The predicted octanol–water partition coefficient (Wildman–Crippen LogP) is 3.24. The highest BCUT2D eigenvalue weighted by Gasteiger charge is 2.09. The van der Waals surface area contributed by atoms with Gasteiger partial charge in [0.25, 0.3) is 0 Å². The van der Waals surface area contributed by atoms with Crippen LogP contribution in [0.2, 0.25) is 0 Å². The molecule has 2 rings (SSSR count). The fourth-order valence-corrected chi connectivity index (χ4v) is 2.01. The van der Waals surface area contributed by atoms with Crippen molar-refractivity contribution in [2.45, 2.75) is 31.8 Å². The van der Waals surface area contributed by atoms with Gasteiger partial charge in [0.2, 0.25) is 0 Å². The third-order valence-electron chi connectivity index (χ3n) is 2.46. The Labute approximate surface area is 92.5 Å². The first-order chi connectivity index (χ1) is 6.84. The van der Waals surface area contributed by atoms with Gasteiger partial charge in [0, 0.05) is 6.04 Å². The molecule has 0 spiro atoms. The standard InChI is InChI=1S/C11H14BrNO/c12-11-7-6-10(14-11)8-13-9-4-2-1-3-5-9/h1-2,6-7,9,13H,3-5,8H2. The summed E-state index contributed by atoms with van der Waals surface area (Å²) in [5.41, 5.74) is 0. The van der Waals surface area contributed by atoms with Crippen LogP contribution in [0.5, 0.6) is 0 Å². The monoisotopic (exact) mass is 255 g/mol. The lowest BCUT2D eigenvalue weighted by Gasteiger charge is -2.18. The average Bonchev–Trinajstić information content (AvgIpc) is 2.63. The molecule has 1 atom stereocenters. The van der Waals surface area contributed by atoms with Gasteiger partial charge in [0.1, 0.15) is 5.76 Å². The molecule has 1 heterocycles. The third-order valence-corrected chi connectivity index (χ3v) is 2.89. The summed E-state index contributed by atoms with van der Waals surface area (Å²) >= 11 is 3.29. The summed E-state index contributed by atoms with van der Waals surface area (Å²) in [7, 11) is 0. The molecule has 1 aromatic rings. The predicted molar refractivity (Wildman–Crippen MR) is 60.0 cm³/mol. The van der Waals surface area contributed by atoms with E-state index in [4.69, 9.17) is 4.42 Å². The maximum absolute atomic E-state index is 5.41. The van der Waals surface area contributed by atoms with Crippen molar-refractivity contribution in [3.63, 3.8) is 0 Å². The molecule has 76 valence electrons. The Morgan fingerprint density at radius 3 is 3.00 bits per heavy atom. The minimum atomic E-state index is 0.615. The van der Waals surface area contributed by atoms with E-state index in [-0.39, 0.29) is 0 Å². The highest BCUT2D eigenvalue weighted by molar-refractivity contribution is 9.10. The summed E-state index contributed by atoms with van der Waals surface area (Å²) in [6.45, 7) is 0.824. The van der Waals surface area contributed by atoms with Gasteiger partial charge in [-0.2, -0.15) is 0 Å². The van der Waals surface area contributed by atoms with Crippen LogP contribution in [0, 0.1) is 0 Å². The zero-order chi connectivity index (χ0) is 9.80. The molecule has 0 amide bonds. The van der Waals surface area contributed by atoms with E-state index in [1.807, 2.05) is 12.1 Å². The lowest BCUT2D eigenvalue weighted by Crippen LogP contribution is -2.28. The van der Waals surface area contributed by atoms with Gasteiger partial charge in [-0.05, 0) is 47.3 Å². The zero-order valence-corrected chi connectivity index (χ0v) is 9.59. The fraction of sp³-hybridized carbons (Fsp3) is 0.455. The van der Waals surface area contributed by atoms with Crippen molar-refractivity contribution in [3.8, 4) is 0 Å². The van der Waals surface area contributed by atoms with Crippen molar-refractivity contribution in [2.24, 2.45) is 0 Å². The Morgan fingerprint density at radius 1 is 1.43 bits per heavy atom. The van der Waals surface area contributed by atoms with Crippen LogP contribution in [0.15, 0.2) is 33.4 Å². The third kappa shape index (κ3) is 2.72. The second kappa shape index (κ2) is 4.80. The number of nitrogens with one attached hydrogen (secondary N) is 1. The Morgan fingerprint density at radius 2 is 2.36 bits per heavy atom. The van der Waals surface area contributed by atoms with Crippen LogP contribution in [0.3, 0.4) is 0 Å². The molecule has 3 heteroatoms. The highest BCUT2D eigenvalue weighted by Crippen LogP contribution is 2.15.